The van der Waals surface area contributed by atoms with E-state index in [0.717, 1.165) is 15.6 Å². The van der Waals surface area contributed by atoms with Gasteiger partial charge in [0.2, 0.25) is 5.01 Å². The van der Waals surface area contributed by atoms with Gasteiger partial charge in [0.05, 0.1) is 10.8 Å². The summed E-state index contributed by atoms with van der Waals surface area (Å²) in [5, 5.41) is 9.82. The Morgan fingerprint density at radius 1 is 1.35 bits per heavy atom. The molecule has 0 aliphatic rings. The van der Waals surface area contributed by atoms with Gasteiger partial charge in [-0.1, -0.05) is 6.57 Å². The number of aromatic nitrogens is 1. The summed E-state index contributed by atoms with van der Waals surface area (Å²) in [7, 11) is 0. The number of thiazole rings is 1. The summed E-state index contributed by atoms with van der Waals surface area (Å²) in [6, 6.07) is 2.09. The average molecular weight is 278 g/mol. The van der Waals surface area contributed by atoms with Gasteiger partial charge in [-0.05, 0) is 12.5 Å². The van der Waals surface area contributed by atoms with Crippen molar-refractivity contribution in [3.05, 3.63) is 32.1 Å². The maximum atomic E-state index is 9.13. The zero-order valence-corrected chi connectivity index (χ0v) is 11.5. The average Bonchev–Trinajstić information content (AvgIpc) is 2.78. The van der Waals surface area contributed by atoms with E-state index in [9.17, 15) is 0 Å². The van der Waals surface area contributed by atoms with Crippen LogP contribution in [0.5, 0.6) is 0 Å². The van der Waals surface area contributed by atoms with E-state index < -0.39 is 0 Å². The smallest absolute Gasteiger partial charge is 0.286 e. The number of hydrogen-bond donors (Lipinski definition) is 0. The lowest BCUT2D eigenvalue weighted by Gasteiger charge is -1.99. The summed E-state index contributed by atoms with van der Waals surface area (Å²) in [6.07, 6.45) is 3.75. The van der Waals surface area contributed by atoms with Crippen molar-refractivity contribution in [3.8, 4) is 6.07 Å². The van der Waals surface area contributed by atoms with Gasteiger partial charge in [0, 0.05) is 0 Å². The Labute approximate surface area is 112 Å². The highest BCUT2D eigenvalue weighted by Gasteiger charge is 2.19. The van der Waals surface area contributed by atoms with Gasteiger partial charge in [-0.25, -0.2) is 4.85 Å². The molecular weight excluding hydrogens is 272 g/mol. The topological polar surface area (TPSA) is 45.4 Å². The highest BCUT2D eigenvalue weighted by molar-refractivity contribution is 8.22. The monoisotopic (exact) mass is 278 g/mol. The third kappa shape index (κ3) is 2.81. The van der Waals surface area contributed by atoms with Crippen LogP contribution in [0.25, 0.3) is 15.3 Å². The molecule has 0 amide bonds. The molecule has 0 aliphatic heterocycles. The van der Waals surface area contributed by atoms with Crippen molar-refractivity contribution in [1.82, 2.24) is 4.98 Å². The van der Waals surface area contributed by atoms with Crippen molar-refractivity contribution in [2.24, 2.45) is 0 Å². The van der Waals surface area contributed by atoms with E-state index in [1.165, 1.54) is 23.5 Å². The van der Waals surface area contributed by atoms with Gasteiger partial charge in [-0.3, -0.25) is 0 Å². The van der Waals surface area contributed by atoms with Gasteiger partial charge < -0.3 is 4.85 Å². The summed E-state index contributed by atoms with van der Waals surface area (Å²) < 4.78 is 0.842. The van der Waals surface area contributed by atoms with Gasteiger partial charge in [0.1, 0.15) is 11.6 Å². The molecule has 4 nitrogen and oxygen atoms in total. The first-order valence-corrected chi connectivity index (χ1v) is 7.46. The quantitative estimate of drug-likeness (QED) is 0.615. The molecule has 0 saturated carbocycles. The van der Waals surface area contributed by atoms with Crippen molar-refractivity contribution >= 4 is 51.3 Å². The van der Waals surface area contributed by atoms with E-state index in [0.29, 0.717) is 10.6 Å². The zero-order valence-electron chi connectivity index (χ0n) is 9.01. The largest absolute Gasteiger partial charge is 0.370 e. The van der Waals surface area contributed by atoms with Crippen molar-refractivity contribution < 1.29 is 0 Å². The number of nitriles is 1. The van der Waals surface area contributed by atoms with Gasteiger partial charge in [0.15, 0.2) is 0 Å². The van der Waals surface area contributed by atoms with Gasteiger partial charge >= 0.3 is 0 Å². The lowest BCUT2D eigenvalue weighted by Crippen LogP contribution is -1.82. The summed E-state index contributed by atoms with van der Waals surface area (Å²) in [6.45, 7) is 13.9. The molecule has 1 rings (SSSR count). The van der Waals surface area contributed by atoms with Crippen LogP contribution in [-0.2, 0) is 0 Å². The molecule has 0 saturated heterocycles. The fourth-order valence-electron chi connectivity index (χ4n) is 1.02. The third-order valence-electron chi connectivity index (χ3n) is 1.70. The summed E-state index contributed by atoms with van der Waals surface area (Å²) in [5.74, 6) is 0.0781. The predicted octanol–water partition coefficient (Wildman–Crippen LogP) is 4.16. The predicted molar refractivity (Wildman–Crippen MR) is 74.2 cm³/mol. The molecule has 1 aromatic heterocycles. The molecule has 0 N–H and O–H groups in total. The number of allylic oxidation sites excluding steroid dienone is 1. The number of rotatable bonds is 3. The van der Waals surface area contributed by atoms with Crippen molar-refractivity contribution in [2.45, 2.75) is 0 Å². The Morgan fingerprint density at radius 2 is 2.00 bits per heavy atom. The summed E-state index contributed by atoms with van der Waals surface area (Å²) in [4.78, 5) is 10.4. The standard InChI is InChI=1S/C10H6N4S3/c1-12-7-9(13-2)17-8(14-7)6(5-11)10(15-3)16-4/h3-4H3. The Hall–Kier alpha value is -1.46. The van der Waals surface area contributed by atoms with Crippen LogP contribution in [0, 0.1) is 24.5 Å². The maximum absolute atomic E-state index is 9.13. The van der Waals surface area contributed by atoms with Crippen LogP contribution in [0.3, 0.4) is 0 Å². The van der Waals surface area contributed by atoms with Crippen LogP contribution in [0.1, 0.15) is 5.01 Å². The van der Waals surface area contributed by atoms with Crippen LogP contribution >= 0.6 is 34.9 Å². The summed E-state index contributed by atoms with van der Waals surface area (Å²) in [5.41, 5.74) is 0.440. The second-order valence-electron chi connectivity index (χ2n) is 2.55. The van der Waals surface area contributed by atoms with Crippen LogP contribution in [-0.4, -0.2) is 17.5 Å². The lowest BCUT2D eigenvalue weighted by atomic mass is 10.3. The molecule has 0 radical (unpaired) electrons. The highest BCUT2D eigenvalue weighted by Crippen LogP contribution is 2.40. The number of thioether (sulfide) groups is 2. The Morgan fingerprint density at radius 3 is 2.35 bits per heavy atom. The summed E-state index contributed by atoms with van der Waals surface area (Å²) >= 11 is 4.01. The number of hydrogen-bond acceptors (Lipinski definition) is 5. The first-order chi connectivity index (χ1) is 8.21. The second-order valence-corrected chi connectivity index (χ2v) is 5.42. The molecule has 0 unspecified atom stereocenters. The van der Waals surface area contributed by atoms with Crippen LogP contribution in [0.4, 0.5) is 10.8 Å². The molecule has 17 heavy (non-hydrogen) atoms. The minimum Gasteiger partial charge on any atom is -0.370 e. The molecule has 0 bridgehead atoms. The minimum absolute atomic E-state index is 0.0781. The Kier molecular flexibility index (Phi) is 5.06. The molecule has 1 heterocycles. The van der Waals surface area contributed by atoms with E-state index in [1.807, 2.05) is 12.5 Å². The fraction of sp³-hybridized carbons (Fsp3) is 0.200. The molecule has 0 spiro atoms. The molecule has 84 valence electrons. The zero-order chi connectivity index (χ0) is 12.8. The molecule has 0 aliphatic carbocycles. The van der Waals surface area contributed by atoms with Gasteiger partial charge in [0.25, 0.3) is 10.8 Å². The molecule has 7 heteroatoms. The molecule has 0 aromatic carbocycles. The Bertz CT molecular complexity index is 543. The second kappa shape index (κ2) is 6.32. The molecule has 1 aromatic rings. The minimum atomic E-state index is 0.0781. The highest BCUT2D eigenvalue weighted by atomic mass is 32.2. The van der Waals surface area contributed by atoms with Gasteiger partial charge in [-0.2, -0.15) is 5.26 Å². The van der Waals surface area contributed by atoms with E-state index in [-0.39, 0.29) is 10.8 Å². The number of nitrogens with zero attached hydrogens (tertiary/aromatic N) is 4. The SMILES string of the molecule is [C-]#[N+]c1nc(C(C#N)=C(SC)SC)sc1[N+]#[C-]. The van der Waals surface area contributed by atoms with Crippen LogP contribution in [0.15, 0.2) is 4.24 Å². The molecule has 0 atom stereocenters. The Balaban J connectivity index is 3.40. The van der Waals surface area contributed by atoms with Gasteiger partial charge in [-0.15, -0.1) is 39.8 Å². The normalized spacial score (nSPS) is 8.88. The third-order valence-corrected chi connectivity index (χ3v) is 4.81. The van der Waals surface area contributed by atoms with Crippen LogP contribution < -0.4 is 0 Å². The van der Waals surface area contributed by atoms with E-state index in [4.69, 9.17) is 18.4 Å². The van der Waals surface area contributed by atoms with E-state index >= 15 is 0 Å². The van der Waals surface area contributed by atoms with Crippen molar-refractivity contribution in [3.63, 3.8) is 0 Å². The molecule has 0 fully saturated rings. The first kappa shape index (κ1) is 13.6. The van der Waals surface area contributed by atoms with Crippen molar-refractivity contribution in [1.29, 1.82) is 5.26 Å². The maximum Gasteiger partial charge on any atom is 0.286 e. The van der Waals surface area contributed by atoms with E-state index in [1.54, 1.807) is 0 Å². The molecular formula is C10H6N4S3. The van der Waals surface area contributed by atoms with Crippen LogP contribution in [0.2, 0.25) is 0 Å². The first-order valence-electron chi connectivity index (χ1n) is 4.20. The fourth-order valence-corrected chi connectivity index (χ4v) is 3.31. The van der Waals surface area contributed by atoms with Crippen molar-refractivity contribution in [2.75, 3.05) is 12.5 Å². The van der Waals surface area contributed by atoms with E-state index in [2.05, 4.69) is 20.7 Å². The lowest BCUT2D eigenvalue weighted by molar-refractivity contribution is 1.40.